The summed E-state index contributed by atoms with van der Waals surface area (Å²) in [4.78, 5) is 2.43. The van der Waals surface area contributed by atoms with Crippen molar-refractivity contribution in [2.75, 3.05) is 47.5 Å². The highest BCUT2D eigenvalue weighted by Gasteiger charge is 2.15. The SMILES string of the molecule is CCN(CC)CCCNCc1ccc(OC)c(OC)c1OC.Cl.Cl. The van der Waals surface area contributed by atoms with Crippen LogP contribution in [0.1, 0.15) is 25.8 Å². The van der Waals surface area contributed by atoms with Crippen LogP contribution in [-0.2, 0) is 6.54 Å². The van der Waals surface area contributed by atoms with Crippen LogP contribution in [0.25, 0.3) is 0 Å². The van der Waals surface area contributed by atoms with E-state index in [1.807, 2.05) is 12.1 Å². The molecule has 1 rings (SSSR count). The molecule has 1 aromatic rings. The fraction of sp³-hybridized carbons (Fsp3) is 0.647. The number of benzene rings is 1. The van der Waals surface area contributed by atoms with Crippen molar-refractivity contribution in [1.29, 1.82) is 0 Å². The zero-order valence-corrected chi connectivity index (χ0v) is 17.0. The van der Waals surface area contributed by atoms with Crippen molar-refractivity contribution in [2.45, 2.75) is 26.8 Å². The predicted octanol–water partition coefficient (Wildman–Crippen LogP) is 3.38. The molecule has 0 saturated heterocycles. The normalized spacial score (nSPS) is 9.92. The van der Waals surface area contributed by atoms with E-state index in [-0.39, 0.29) is 24.8 Å². The van der Waals surface area contributed by atoms with Gasteiger partial charge < -0.3 is 24.4 Å². The van der Waals surface area contributed by atoms with E-state index in [4.69, 9.17) is 14.2 Å². The standard InChI is InChI=1S/C17H30N2O3.2ClH/c1-6-19(7-2)12-8-11-18-13-14-9-10-15(20-3)17(22-5)16(14)21-4;;/h9-10,18H,6-8,11-13H2,1-5H3;2*1H. The number of halogens is 2. The minimum Gasteiger partial charge on any atom is -0.493 e. The maximum absolute atomic E-state index is 5.49. The van der Waals surface area contributed by atoms with E-state index in [9.17, 15) is 0 Å². The molecular formula is C17H32Cl2N2O3. The van der Waals surface area contributed by atoms with Crippen LogP contribution in [0.2, 0.25) is 0 Å². The van der Waals surface area contributed by atoms with Crippen molar-refractivity contribution in [1.82, 2.24) is 10.2 Å². The van der Waals surface area contributed by atoms with Gasteiger partial charge in [-0.2, -0.15) is 0 Å². The molecule has 0 heterocycles. The second-order valence-electron chi connectivity index (χ2n) is 5.05. The first kappa shape index (κ1) is 25.4. The molecule has 0 atom stereocenters. The van der Waals surface area contributed by atoms with Crippen LogP contribution in [0.4, 0.5) is 0 Å². The van der Waals surface area contributed by atoms with E-state index in [1.165, 1.54) is 0 Å². The summed E-state index contributed by atoms with van der Waals surface area (Å²) in [6.45, 7) is 9.48. The van der Waals surface area contributed by atoms with Gasteiger partial charge in [0.15, 0.2) is 11.5 Å². The molecule has 24 heavy (non-hydrogen) atoms. The highest BCUT2D eigenvalue weighted by atomic mass is 35.5. The van der Waals surface area contributed by atoms with E-state index in [0.717, 1.165) is 50.5 Å². The summed E-state index contributed by atoms with van der Waals surface area (Å²) < 4.78 is 16.2. The van der Waals surface area contributed by atoms with Gasteiger partial charge in [0, 0.05) is 12.1 Å². The maximum Gasteiger partial charge on any atom is 0.203 e. The van der Waals surface area contributed by atoms with Crippen LogP contribution in [0.5, 0.6) is 17.2 Å². The lowest BCUT2D eigenvalue weighted by atomic mass is 10.1. The molecule has 0 spiro atoms. The van der Waals surface area contributed by atoms with Crippen molar-refractivity contribution >= 4 is 24.8 Å². The predicted molar refractivity (Wildman–Crippen MR) is 105 cm³/mol. The van der Waals surface area contributed by atoms with Gasteiger partial charge >= 0.3 is 0 Å². The zero-order chi connectivity index (χ0) is 16.4. The molecule has 0 bridgehead atoms. The van der Waals surface area contributed by atoms with Gasteiger partial charge in [0.05, 0.1) is 21.3 Å². The summed E-state index contributed by atoms with van der Waals surface area (Å²) in [6, 6.07) is 3.92. The first-order valence-electron chi connectivity index (χ1n) is 7.92. The van der Waals surface area contributed by atoms with Gasteiger partial charge in [0.2, 0.25) is 5.75 Å². The number of nitrogens with zero attached hydrogens (tertiary/aromatic N) is 1. The van der Waals surface area contributed by atoms with Crippen molar-refractivity contribution in [3.8, 4) is 17.2 Å². The molecule has 0 fully saturated rings. The minimum atomic E-state index is 0. The second-order valence-corrected chi connectivity index (χ2v) is 5.05. The van der Waals surface area contributed by atoms with Gasteiger partial charge in [0.1, 0.15) is 0 Å². The van der Waals surface area contributed by atoms with Gasteiger partial charge in [-0.05, 0) is 38.7 Å². The van der Waals surface area contributed by atoms with Gasteiger partial charge in [-0.25, -0.2) is 0 Å². The summed E-state index contributed by atoms with van der Waals surface area (Å²) in [5.74, 6) is 2.06. The molecule has 142 valence electrons. The van der Waals surface area contributed by atoms with E-state index in [0.29, 0.717) is 11.5 Å². The van der Waals surface area contributed by atoms with E-state index in [1.54, 1.807) is 21.3 Å². The maximum atomic E-state index is 5.49. The number of hydrogen-bond acceptors (Lipinski definition) is 5. The van der Waals surface area contributed by atoms with Crippen molar-refractivity contribution in [3.05, 3.63) is 17.7 Å². The molecule has 0 amide bonds. The lowest BCUT2D eigenvalue weighted by molar-refractivity contribution is 0.297. The Bertz CT molecular complexity index is 444. The Labute approximate surface area is 158 Å². The van der Waals surface area contributed by atoms with Crippen LogP contribution in [0.15, 0.2) is 12.1 Å². The van der Waals surface area contributed by atoms with Gasteiger partial charge in [-0.15, -0.1) is 24.8 Å². The van der Waals surface area contributed by atoms with Crippen LogP contribution in [0.3, 0.4) is 0 Å². The summed E-state index contributed by atoms with van der Waals surface area (Å²) in [5, 5.41) is 3.47. The molecule has 0 aromatic heterocycles. The summed E-state index contributed by atoms with van der Waals surface area (Å²) in [6.07, 6.45) is 1.14. The third-order valence-corrected chi connectivity index (χ3v) is 3.82. The average molecular weight is 383 g/mol. The average Bonchev–Trinajstić information content (AvgIpc) is 2.57. The van der Waals surface area contributed by atoms with Crippen LogP contribution in [-0.4, -0.2) is 52.4 Å². The first-order valence-corrected chi connectivity index (χ1v) is 7.92. The first-order chi connectivity index (χ1) is 10.7. The topological polar surface area (TPSA) is 43.0 Å². The summed E-state index contributed by atoms with van der Waals surface area (Å²) >= 11 is 0. The second kappa shape index (κ2) is 14.5. The van der Waals surface area contributed by atoms with E-state index < -0.39 is 0 Å². The van der Waals surface area contributed by atoms with E-state index in [2.05, 4.69) is 24.1 Å². The lowest BCUT2D eigenvalue weighted by Crippen LogP contribution is -2.27. The monoisotopic (exact) mass is 382 g/mol. The van der Waals surface area contributed by atoms with Crippen LogP contribution >= 0.6 is 24.8 Å². The summed E-state index contributed by atoms with van der Waals surface area (Å²) in [7, 11) is 4.91. The Balaban J connectivity index is 0. The van der Waals surface area contributed by atoms with Crippen LogP contribution in [0, 0.1) is 0 Å². The smallest absolute Gasteiger partial charge is 0.203 e. The van der Waals surface area contributed by atoms with Crippen molar-refractivity contribution in [3.63, 3.8) is 0 Å². The number of hydrogen-bond donors (Lipinski definition) is 1. The number of ether oxygens (including phenoxy) is 3. The summed E-state index contributed by atoms with van der Waals surface area (Å²) in [5.41, 5.74) is 1.07. The van der Waals surface area contributed by atoms with Crippen LogP contribution < -0.4 is 19.5 Å². The van der Waals surface area contributed by atoms with Gasteiger partial charge in [0.25, 0.3) is 0 Å². The Hall–Kier alpha value is -0.880. The van der Waals surface area contributed by atoms with Crippen molar-refractivity contribution < 1.29 is 14.2 Å². The molecule has 0 aliphatic heterocycles. The highest BCUT2D eigenvalue weighted by Crippen LogP contribution is 2.39. The molecule has 0 aliphatic carbocycles. The fourth-order valence-electron chi connectivity index (χ4n) is 2.49. The Kier molecular flexibility index (Phi) is 15.3. The largest absolute Gasteiger partial charge is 0.493 e. The molecule has 0 aliphatic rings. The third kappa shape index (κ3) is 7.34. The molecule has 1 aromatic carbocycles. The highest BCUT2D eigenvalue weighted by molar-refractivity contribution is 5.85. The Morgan fingerprint density at radius 1 is 0.917 bits per heavy atom. The number of rotatable bonds is 11. The fourth-order valence-corrected chi connectivity index (χ4v) is 2.49. The quantitative estimate of drug-likeness (QED) is 0.594. The Morgan fingerprint density at radius 3 is 2.04 bits per heavy atom. The van der Waals surface area contributed by atoms with Gasteiger partial charge in [-0.1, -0.05) is 19.9 Å². The molecular weight excluding hydrogens is 351 g/mol. The van der Waals surface area contributed by atoms with Gasteiger partial charge in [-0.3, -0.25) is 0 Å². The molecule has 0 unspecified atom stereocenters. The molecule has 5 nitrogen and oxygen atoms in total. The number of nitrogens with one attached hydrogen (secondary N) is 1. The number of methoxy groups -OCH3 is 3. The van der Waals surface area contributed by atoms with Crippen molar-refractivity contribution in [2.24, 2.45) is 0 Å². The zero-order valence-electron chi connectivity index (χ0n) is 15.4. The Morgan fingerprint density at radius 2 is 1.54 bits per heavy atom. The third-order valence-electron chi connectivity index (χ3n) is 3.82. The molecule has 7 heteroatoms. The molecule has 0 saturated carbocycles. The molecule has 1 N–H and O–H groups in total. The lowest BCUT2D eigenvalue weighted by Gasteiger charge is -2.18. The molecule has 0 radical (unpaired) electrons. The minimum absolute atomic E-state index is 0. The van der Waals surface area contributed by atoms with E-state index >= 15 is 0 Å².